The standard InChI is InChI=1S/C24H23N3O3/c1-2-3-6-17-9-13-19(14-10-17)26-23(18-11-15-20(16-12-18)27(29)30)25-22-8-5-4-7-21(22)24(26)28/h4-5,7-16,23,25H,2-3,6H2,1H3/t23-/m1/s1. The van der Waals surface area contributed by atoms with Crippen LogP contribution in [0.25, 0.3) is 0 Å². The van der Waals surface area contributed by atoms with Crippen molar-refractivity contribution in [3.63, 3.8) is 0 Å². The minimum atomic E-state index is -0.463. The number of hydrogen-bond acceptors (Lipinski definition) is 4. The van der Waals surface area contributed by atoms with Gasteiger partial charge in [0.05, 0.1) is 10.5 Å². The number of rotatable bonds is 6. The van der Waals surface area contributed by atoms with Gasteiger partial charge in [0, 0.05) is 23.5 Å². The molecule has 6 nitrogen and oxygen atoms in total. The van der Waals surface area contributed by atoms with E-state index < -0.39 is 11.1 Å². The summed E-state index contributed by atoms with van der Waals surface area (Å²) in [5.41, 5.74) is 4.18. The summed E-state index contributed by atoms with van der Waals surface area (Å²) < 4.78 is 0. The van der Waals surface area contributed by atoms with Gasteiger partial charge in [0.25, 0.3) is 11.6 Å². The lowest BCUT2D eigenvalue weighted by molar-refractivity contribution is -0.384. The van der Waals surface area contributed by atoms with E-state index in [4.69, 9.17) is 0 Å². The molecule has 0 unspecified atom stereocenters. The molecule has 0 fully saturated rings. The number of amides is 1. The van der Waals surface area contributed by atoms with Crippen LogP contribution in [0.1, 0.15) is 47.4 Å². The predicted octanol–water partition coefficient (Wildman–Crippen LogP) is 5.71. The molecule has 6 heteroatoms. The number of fused-ring (bicyclic) bond motifs is 1. The molecule has 1 atom stereocenters. The zero-order valence-corrected chi connectivity index (χ0v) is 16.7. The molecule has 1 N–H and O–H groups in total. The Labute approximate surface area is 175 Å². The Balaban J connectivity index is 1.74. The van der Waals surface area contributed by atoms with Gasteiger partial charge in [-0.3, -0.25) is 19.8 Å². The SMILES string of the molecule is CCCCc1ccc(N2C(=O)c3ccccc3N[C@H]2c2ccc([N+](=O)[O-])cc2)cc1. The Kier molecular flexibility index (Phi) is 5.48. The monoisotopic (exact) mass is 401 g/mol. The van der Waals surface area contributed by atoms with E-state index >= 15 is 0 Å². The Morgan fingerprint density at radius 1 is 1.00 bits per heavy atom. The number of para-hydroxylation sites is 1. The van der Waals surface area contributed by atoms with Gasteiger partial charge in [-0.2, -0.15) is 0 Å². The van der Waals surface area contributed by atoms with Gasteiger partial charge in [-0.25, -0.2) is 0 Å². The maximum absolute atomic E-state index is 13.4. The first-order valence-corrected chi connectivity index (χ1v) is 10.1. The number of benzene rings is 3. The molecule has 3 aromatic rings. The zero-order chi connectivity index (χ0) is 21.1. The van der Waals surface area contributed by atoms with Crippen LogP contribution in [-0.4, -0.2) is 10.8 Å². The van der Waals surface area contributed by atoms with E-state index in [9.17, 15) is 14.9 Å². The van der Waals surface area contributed by atoms with Gasteiger partial charge in [0.2, 0.25) is 0 Å². The largest absolute Gasteiger partial charge is 0.360 e. The molecular weight excluding hydrogens is 378 g/mol. The number of non-ortho nitro benzene ring substituents is 1. The van der Waals surface area contributed by atoms with Gasteiger partial charge >= 0.3 is 0 Å². The van der Waals surface area contributed by atoms with Gasteiger partial charge in [0.15, 0.2) is 0 Å². The Morgan fingerprint density at radius 2 is 1.70 bits per heavy atom. The third-order valence-electron chi connectivity index (χ3n) is 5.38. The molecule has 1 aliphatic rings. The molecule has 0 aromatic heterocycles. The third kappa shape index (κ3) is 3.76. The maximum atomic E-state index is 13.4. The average Bonchev–Trinajstić information content (AvgIpc) is 2.78. The van der Waals surface area contributed by atoms with Gasteiger partial charge in [-0.1, -0.05) is 37.6 Å². The lowest BCUT2D eigenvalue weighted by Gasteiger charge is -2.38. The second-order valence-corrected chi connectivity index (χ2v) is 7.39. The summed E-state index contributed by atoms with van der Waals surface area (Å²) in [6, 6.07) is 21.8. The first-order valence-electron chi connectivity index (χ1n) is 10.1. The molecule has 0 aliphatic carbocycles. The normalized spacial score (nSPS) is 15.4. The van der Waals surface area contributed by atoms with Crippen molar-refractivity contribution in [2.75, 3.05) is 10.2 Å². The molecule has 3 aromatic carbocycles. The van der Waals surface area contributed by atoms with Crippen LogP contribution in [0.15, 0.2) is 72.8 Å². The number of carbonyl (C=O) groups is 1. The van der Waals surface area contributed by atoms with Crippen LogP contribution in [0.3, 0.4) is 0 Å². The molecule has 1 heterocycles. The molecule has 0 bridgehead atoms. The number of nitro benzene ring substituents is 1. The van der Waals surface area contributed by atoms with Gasteiger partial charge < -0.3 is 5.32 Å². The topological polar surface area (TPSA) is 75.5 Å². The van der Waals surface area contributed by atoms with Crippen LogP contribution in [0.4, 0.5) is 17.1 Å². The molecule has 4 rings (SSSR count). The summed E-state index contributed by atoms with van der Waals surface area (Å²) >= 11 is 0. The van der Waals surface area contributed by atoms with Crippen molar-refractivity contribution in [2.45, 2.75) is 32.4 Å². The van der Waals surface area contributed by atoms with Crippen molar-refractivity contribution in [3.8, 4) is 0 Å². The van der Waals surface area contributed by atoms with Crippen molar-refractivity contribution in [1.29, 1.82) is 0 Å². The molecule has 0 saturated heterocycles. The minimum absolute atomic E-state index is 0.0214. The predicted molar refractivity (Wildman–Crippen MR) is 118 cm³/mol. The lowest BCUT2D eigenvalue weighted by atomic mass is 10.0. The molecular formula is C24H23N3O3. The van der Waals surface area contributed by atoms with E-state index in [0.29, 0.717) is 5.56 Å². The summed E-state index contributed by atoms with van der Waals surface area (Å²) in [7, 11) is 0. The second kappa shape index (κ2) is 8.37. The molecule has 0 saturated carbocycles. The van der Waals surface area contributed by atoms with E-state index in [1.165, 1.54) is 17.7 Å². The number of hydrogen-bond donors (Lipinski definition) is 1. The number of aryl methyl sites for hydroxylation is 1. The number of nitrogens with zero attached hydrogens (tertiary/aromatic N) is 2. The molecule has 1 aliphatic heterocycles. The Morgan fingerprint density at radius 3 is 2.37 bits per heavy atom. The summed E-state index contributed by atoms with van der Waals surface area (Å²) in [6.45, 7) is 2.17. The smallest absolute Gasteiger partial charge is 0.269 e. The fraction of sp³-hybridized carbons (Fsp3) is 0.208. The van der Waals surface area contributed by atoms with Crippen LogP contribution in [0, 0.1) is 10.1 Å². The van der Waals surface area contributed by atoms with Gasteiger partial charge in [-0.15, -0.1) is 0 Å². The fourth-order valence-corrected chi connectivity index (χ4v) is 3.74. The Hall–Kier alpha value is -3.67. The van der Waals surface area contributed by atoms with Crippen molar-refractivity contribution >= 4 is 23.0 Å². The minimum Gasteiger partial charge on any atom is -0.360 e. The molecule has 152 valence electrons. The van der Waals surface area contributed by atoms with E-state index in [-0.39, 0.29) is 11.6 Å². The molecule has 0 spiro atoms. The molecule has 1 amide bonds. The van der Waals surface area contributed by atoms with E-state index in [1.807, 2.05) is 30.3 Å². The average molecular weight is 401 g/mol. The molecule has 0 radical (unpaired) electrons. The highest BCUT2D eigenvalue weighted by Crippen LogP contribution is 2.37. The van der Waals surface area contributed by atoms with Crippen LogP contribution in [-0.2, 0) is 6.42 Å². The number of nitrogens with one attached hydrogen (secondary N) is 1. The highest BCUT2D eigenvalue weighted by molar-refractivity contribution is 6.12. The Bertz CT molecular complexity index is 1060. The van der Waals surface area contributed by atoms with Crippen LogP contribution in [0.2, 0.25) is 0 Å². The van der Waals surface area contributed by atoms with E-state index in [0.717, 1.165) is 36.2 Å². The van der Waals surface area contributed by atoms with Crippen LogP contribution in [0.5, 0.6) is 0 Å². The number of nitro groups is 1. The van der Waals surface area contributed by atoms with Crippen LogP contribution < -0.4 is 10.2 Å². The summed E-state index contributed by atoms with van der Waals surface area (Å²) in [5, 5.41) is 14.4. The zero-order valence-electron chi connectivity index (χ0n) is 16.7. The first kappa shape index (κ1) is 19.6. The number of anilines is 2. The summed E-state index contributed by atoms with van der Waals surface area (Å²) in [6.07, 6.45) is 2.81. The number of carbonyl (C=O) groups excluding carboxylic acids is 1. The van der Waals surface area contributed by atoms with Crippen molar-refractivity contribution in [1.82, 2.24) is 0 Å². The van der Waals surface area contributed by atoms with E-state index in [2.05, 4.69) is 24.4 Å². The maximum Gasteiger partial charge on any atom is 0.269 e. The molecule has 30 heavy (non-hydrogen) atoms. The second-order valence-electron chi connectivity index (χ2n) is 7.39. The summed E-state index contributed by atoms with van der Waals surface area (Å²) in [4.78, 5) is 25.7. The quantitative estimate of drug-likeness (QED) is 0.424. The first-order chi connectivity index (χ1) is 14.6. The summed E-state index contributed by atoms with van der Waals surface area (Å²) in [5.74, 6) is -0.103. The van der Waals surface area contributed by atoms with Gasteiger partial charge in [-0.05, 0) is 60.4 Å². The van der Waals surface area contributed by atoms with E-state index in [1.54, 1.807) is 23.1 Å². The lowest BCUT2D eigenvalue weighted by Crippen LogP contribution is -2.43. The van der Waals surface area contributed by atoms with Crippen LogP contribution >= 0.6 is 0 Å². The van der Waals surface area contributed by atoms with Crippen molar-refractivity contribution in [3.05, 3.63) is 99.6 Å². The highest BCUT2D eigenvalue weighted by Gasteiger charge is 2.34. The van der Waals surface area contributed by atoms with Crippen molar-refractivity contribution < 1.29 is 9.72 Å². The third-order valence-corrected chi connectivity index (χ3v) is 5.38. The number of unbranched alkanes of at least 4 members (excludes halogenated alkanes) is 1. The highest BCUT2D eigenvalue weighted by atomic mass is 16.6. The fourth-order valence-electron chi connectivity index (χ4n) is 3.74. The van der Waals surface area contributed by atoms with Gasteiger partial charge in [0.1, 0.15) is 6.17 Å². The van der Waals surface area contributed by atoms with Crippen molar-refractivity contribution in [2.24, 2.45) is 0 Å².